The molecular weight excluding hydrogens is 394 g/mol. The summed E-state index contributed by atoms with van der Waals surface area (Å²) < 4.78 is 10.5. The van der Waals surface area contributed by atoms with Gasteiger partial charge in [-0.3, -0.25) is 9.59 Å². The zero-order valence-electron chi connectivity index (χ0n) is 17.7. The molecule has 0 fully saturated rings. The third-order valence-corrected chi connectivity index (χ3v) is 4.60. The standard InChI is InChI=1S/C24H25N3O4/c1-16-8-10-17(11-9-16)26-24(29)19-6-4-5-7-20(19)25-15-23(28)27-21-13-12-18(30-2)14-22(21)31-3/h4-14,25H,15H2,1-3H3,(H,26,29)(H,27,28). The molecule has 3 rings (SSSR count). The lowest BCUT2D eigenvalue weighted by atomic mass is 10.1. The van der Waals surface area contributed by atoms with Gasteiger partial charge in [0.15, 0.2) is 0 Å². The van der Waals surface area contributed by atoms with Crippen LogP contribution in [-0.4, -0.2) is 32.6 Å². The highest BCUT2D eigenvalue weighted by Crippen LogP contribution is 2.29. The quantitative estimate of drug-likeness (QED) is 0.506. The molecule has 0 saturated carbocycles. The Labute approximate surface area is 181 Å². The first-order chi connectivity index (χ1) is 15.0. The van der Waals surface area contributed by atoms with Gasteiger partial charge in [-0.05, 0) is 43.3 Å². The van der Waals surface area contributed by atoms with Crippen LogP contribution in [0.15, 0.2) is 66.7 Å². The van der Waals surface area contributed by atoms with Gasteiger partial charge in [0.05, 0.1) is 32.0 Å². The summed E-state index contributed by atoms with van der Waals surface area (Å²) >= 11 is 0. The average molecular weight is 419 g/mol. The summed E-state index contributed by atoms with van der Waals surface area (Å²) in [6, 6.07) is 19.7. The first-order valence-corrected chi connectivity index (χ1v) is 9.73. The highest BCUT2D eigenvalue weighted by Gasteiger charge is 2.13. The van der Waals surface area contributed by atoms with Crippen molar-refractivity contribution < 1.29 is 19.1 Å². The Balaban J connectivity index is 1.65. The summed E-state index contributed by atoms with van der Waals surface area (Å²) in [5.74, 6) is 0.577. The number of ether oxygens (including phenoxy) is 2. The topological polar surface area (TPSA) is 88.7 Å². The molecule has 0 aliphatic heterocycles. The highest BCUT2D eigenvalue weighted by atomic mass is 16.5. The van der Waals surface area contributed by atoms with E-state index >= 15 is 0 Å². The fraction of sp³-hybridized carbons (Fsp3) is 0.167. The molecule has 0 atom stereocenters. The van der Waals surface area contributed by atoms with Gasteiger partial charge in [-0.1, -0.05) is 29.8 Å². The Bertz CT molecular complexity index is 1060. The molecule has 0 spiro atoms. The zero-order valence-corrected chi connectivity index (χ0v) is 17.7. The van der Waals surface area contributed by atoms with Crippen molar-refractivity contribution in [1.29, 1.82) is 0 Å². The normalized spacial score (nSPS) is 10.2. The minimum absolute atomic E-state index is 0.0238. The summed E-state index contributed by atoms with van der Waals surface area (Å²) in [5, 5.41) is 8.70. The third-order valence-electron chi connectivity index (χ3n) is 4.60. The van der Waals surface area contributed by atoms with Crippen LogP contribution in [0.2, 0.25) is 0 Å². The first kappa shape index (κ1) is 21.7. The summed E-state index contributed by atoms with van der Waals surface area (Å²) in [6.45, 7) is 1.96. The summed E-state index contributed by atoms with van der Waals surface area (Å²) in [6.07, 6.45) is 0. The Morgan fingerprint density at radius 3 is 2.29 bits per heavy atom. The molecule has 31 heavy (non-hydrogen) atoms. The van der Waals surface area contributed by atoms with E-state index in [4.69, 9.17) is 9.47 Å². The van der Waals surface area contributed by atoms with Crippen LogP contribution in [0.3, 0.4) is 0 Å². The molecule has 0 unspecified atom stereocenters. The molecule has 3 N–H and O–H groups in total. The number of rotatable bonds is 8. The van der Waals surface area contributed by atoms with Gasteiger partial charge in [-0.25, -0.2) is 0 Å². The summed E-state index contributed by atoms with van der Waals surface area (Å²) in [5.41, 5.74) is 3.34. The second-order valence-electron chi connectivity index (χ2n) is 6.83. The Hall–Kier alpha value is -4.00. The number of carbonyl (C=O) groups is 2. The third kappa shape index (κ3) is 5.76. The van der Waals surface area contributed by atoms with Crippen LogP contribution in [0.25, 0.3) is 0 Å². The maximum absolute atomic E-state index is 12.7. The lowest BCUT2D eigenvalue weighted by Gasteiger charge is -2.14. The van der Waals surface area contributed by atoms with Crippen LogP contribution in [-0.2, 0) is 4.79 Å². The molecule has 0 aliphatic rings. The highest BCUT2D eigenvalue weighted by molar-refractivity contribution is 6.08. The van der Waals surface area contributed by atoms with Crippen LogP contribution in [0.5, 0.6) is 11.5 Å². The zero-order chi connectivity index (χ0) is 22.2. The van der Waals surface area contributed by atoms with E-state index < -0.39 is 0 Å². The number of aryl methyl sites for hydroxylation is 1. The lowest BCUT2D eigenvalue weighted by Crippen LogP contribution is -2.23. The van der Waals surface area contributed by atoms with Crippen molar-refractivity contribution in [3.63, 3.8) is 0 Å². The SMILES string of the molecule is COc1ccc(NC(=O)CNc2ccccc2C(=O)Nc2ccc(C)cc2)c(OC)c1. The minimum atomic E-state index is -0.280. The predicted molar refractivity (Wildman–Crippen MR) is 122 cm³/mol. The van der Waals surface area contributed by atoms with Gasteiger partial charge in [0.2, 0.25) is 5.91 Å². The van der Waals surface area contributed by atoms with Crippen LogP contribution >= 0.6 is 0 Å². The molecule has 7 nitrogen and oxygen atoms in total. The molecule has 3 aromatic carbocycles. The Morgan fingerprint density at radius 2 is 1.58 bits per heavy atom. The molecule has 0 bridgehead atoms. The fourth-order valence-corrected chi connectivity index (χ4v) is 2.94. The van der Waals surface area contributed by atoms with E-state index in [0.29, 0.717) is 34.1 Å². The van der Waals surface area contributed by atoms with Crippen LogP contribution in [0, 0.1) is 6.92 Å². The van der Waals surface area contributed by atoms with Crippen molar-refractivity contribution in [3.8, 4) is 11.5 Å². The van der Waals surface area contributed by atoms with Gasteiger partial charge >= 0.3 is 0 Å². The van der Waals surface area contributed by atoms with E-state index in [1.807, 2.05) is 31.2 Å². The van der Waals surface area contributed by atoms with Crippen molar-refractivity contribution in [1.82, 2.24) is 0 Å². The molecule has 3 aromatic rings. The van der Waals surface area contributed by atoms with Gasteiger partial charge in [0, 0.05) is 17.4 Å². The van der Waals surface area contributed by atoms with E-state index in [-0.39, 0.29) is 18.4 Å². The number of carbonyl (C=O) groups excluding carboxylic acids is 2. The molecule has 2 amide bonds. The fourth-order valence-electron chi connectivity index (χ4n) is 2.94. The maximum atomic E-state index is 12.7. The number of hydrogen-bond acceptors (Lipinski definition) is 5. The number of para-hydroxylation sites is 1. The molecule has 160 valence electrons. The van der Waals surface area contributed by atoms with Crippen molar-refractivity contribution in [2.75, 3.05) is 36.7 Å². The average Bonchev–Trinajstić information content (AvgIpc) is 2.79. The van der Waals surface area contributed by atoms with Gasteiger partial charge in [0.1, 0.15) is 11.5 Å². The van der Waals surface area contributed by atoms with Crippen molar-refractivity contribution in [3.05, 3.63) is 77.9 Å². The van der Waals surface area contributed by atoms with Crippen molar-refractivity contribution >= 4 is 28.9 Å². The molecule has 0 aliphatic carbocycles. The van der Waals surface area contributed by atoms with Gasteiger partial charge < -0.3 is 25.4 Å². The van der Waals surface area contributed by atoms with E-state index in [1.165, 1.54) is 7.11 Å². The molecule has 7 heteroatoms. The first-order valence-electron chi connectivity index (χ1n) is 9.73. The maximum Gasteiger partial charge on any atom is 0.257 e. The number of anilines is 3. The number of methoxy groups -OCH3 is 2. The summed E-state index contributed by atoms with van der Waals surface area (Å²) in [4.78, 5) is 25.2. The van der Waals surface area contributed by atoms with Gasteiger partial charge in [-0.15, -0.1) is 0 Å². The van der Waals surface area contributed by atoms with Gasteiger partial charge in [0.25, 0.3) is 5.91 Å². The van der Waals surface area contributed by atoms with E-state index in [9.17, 15) is 9.59 Å². The Morgan fingerprint density at radius 1 is 0.839 bits per heavy atom. The number of nitrogens with one attached hydrogen (secondary N) is 3. The molecule has 0 saturated heterocycles. The lowest BCUT2D eigenvalue weighted by molar-refractivity contribution is -0.114. The van der Waals surface area contributed by atoms with Crippen molar-refractivity contribution in [2.45, 2.75) is 6.92 Å². The minimum Gasteiger partial charge on any atom is -0.497 e. The van der Waals surface area contributed by atoms with Crippen LogP contribution < -0.4 is 25.4 Å². The Kier molecular flexibility index (Phi) is 7.11. The second kappa shape index (κ2) is 10.2. The number of hydrogen-bond donors (Lipinski definition) is 3. The summed E-state index contributed by atoms with van der Waals surface area (Å²) in [7, 11) is 3.08. The van der Waals surface area contributed by atoms with Crippen LogP contribution in [0.1, 0.15) is 15.9 Å². The second-order valence-corrected chi connectivity index (χ2v) is 6.83. The largest absolute Gasteiger partial charge is 0.497 e. The van der Waals surface area contributed by atoms with Crippen molar-refractivity contribution in [2.24, 2.45) is 0 Å². The molecule has 0 aromatic heterocycles. The molecule has 0 heterocycles. The molecule has 0 radical (unpaired) electrons. The van der Waals surface area contributed by atoms with Crippen LogP contribution in [0.4, 0.5) is 17.1 Å². The number of amides is 2. The van der Waals surface area contributed by atoms with Gasteiger partial charge in [-0.2, -0.15) is 0 Å². The van der Waals surface area contributed by atoms with E-state index in [2.05, 4.69) is 16.0 Å². The smallest absolute Gasteiger partial charge is 0.257 e. The monoisotopic (exact) mass is 419 g/mol. The van der Waals surface area contributed by atoms with E-state index in [0.717, 1.165) is 5.56 Å². The van der Waals surface area contributed by atoms with E-state index in [1.54, 1.807) is 49.6 Å². The predicted octanol–water partition coefficient (Wildman–Crippen LogP) is 4.32. The molecular formula is C24H25N3O4. The number of benzene rings is 3.